The van der Waals surface area contributed by atoms with Crippen LogP contribution in [-0.4, -0.2) is 15.9 Å². The number of amides is 1. The summed E-state index contributed by atoms with van der Waals surface area (Å²) in [5.41, 5.74) is 1.93. The van der Waals surface area contributed by atoms with Crippen LogP contribution < -0.4 is 5.32 Å². The molecule has 4 rings (SSSR count). The van der Waals surface area contributed by atoms with E-state index in [0.717, 1.165) is 16.5 Å². The number of fused-ring (bicyclic) bond motifs is 1. The number of aromatic nitrogens is 2. The highest BCUT2D eigenvalue weighted by Gasteiger charge is 2.22. The molecule has 1 N–H and O–H groups in total. The molecule has 1 aliphatic rings. The molecule has 3 aromatic rings. The zero-order chi connectivity index (χ0) is 15.6. The van der Waals surface area contributed by atoms with E-state index in [1.807, 2.05) is 36.5 Å². The number of nitrogens with zero attached hydrogens (tertiary/aromatic N) is 2. The van der Waals surface area contributed by atoms with Gasteiger partial charge in [0.1, 0.15) is 0 Å². The second kappa shape index (κ2) is 6.08. The fourth-order valence-electron chi connectivity index (χ4n) is 2.81. The van der Waals surface area contributed by atoms with Gasteiger partial charge in [0.2, 0.25) is 5.91 Å². The zero-order valence-electron chi connectivity index (χ0n) is 12.7. The highest BCUT2D eigenvalue weighted by molar-refractivity contribution is 7.15. The normalized spacial score (nSPS) is 14.6. The highest BCUT2D eigenvalue weighted by atomic mass is 32.1. The molecular weight excluding hydrogens is 306 g/mol. The van der Waals surface area contributed by atoms with Crippen molar-refractivity contribution in [3.8, 4) is 0 Å². The number of carbonyl (C=O) groups is 1. The zero-order valence-corrected chi connectivity index (χ0v) is 13.5. The van der Waals surface area contributed by atoms with Crippen molar-refractivity contribution in [2.45, 2.75) is 31.6 Å². The van der Waals surface area contributed by atoms with Gasteiger partial charge in [-0.05, 0) is 42.5 Å². The Balaban J connectivity index is 1.43. The maximum atomic E-state index is 12.2. The summed E-state index contributed by atoms with van der Waals surface area (Å²) < 4.78 is 0. The van der Waals surface area contributed by atoms with Gasteiger partial charge in [0.05, 0.1) is 11.9 Å². The third-order valence-corrected chi connectivity index (χ3v) is 5.38. The largest absolute Gasteiger partial charge is 0.302 e. The molecule has 1 aromatic carbocycles. The van der Waals surface area contributed by atoms with E-state index >= 15 is 0 Å². The van der Waals surface area contributed by atoms with Crippen molar-refractivity contribution in [1.82, 2.24) is 9.97 Å². The predicted octanol–water partition coefficient (Wildman–Crippen LogP) is 4.14. The van der Waals surface area contributed by atoms with E-state index in [0.29, 0.717) is 17.5 Å². The van der Waals surface area contributed by atoms with Crippen LogP contribution in [-0.2, 0) is 11.2 Å². The number of nitrogens with one attached hydrogen (secondary N) is 1. The summed E-state index contributed by atoms with van der Waals surface area (Å²) in [6, 6.07) is 9.84. The molecule has 4 nitrogen and oxygen atoms in total. The van der Waals surface area contributed by atoms with Crippen LogP contribution in [0.1, 0.15) is 35.6 Å². The van der Waals surface area contributed by atoms with E-state index in [1.165, 1.54) is 24.1 Å². The first-order valence-corrected chi connectivity index (χ1v) is 8.69. The monoisotopic (exact) mass is 323 g/mol. The van der Waals surface area contributed by atoms with E-state index in [2.05, 4.69) is 15.3 Å². The molecule has 2 heterocycles. The molecule has 0 aliphatic heterocycles. The Kier molecular flexibility index (Phi) is 3.79. The van der Waals surface area contributed by atoms with Gasteiger partial charge in [-0.15, -0.1) is 11.3 Å². The third kappa shape index (κ3) is 3.10. The van der Waals surface area contributed by atoms with Gasteiger partial charge in [-0.2, -0.15) is 0 Å². The lowest BCUT2D eigenvalue weighted by Gasteiger charge is -2.23. The van der Waals surface area contributed by atoms with E-state index < -0.39 is 0 Å². The molecule has 1 fully saturated rings. The van der Waals surface area contributed by atoms with Crippen LogP contribution in [0.3, 0.4) is 0 Å². The van der Waals surface area contributed by atoms with Crippen LogP contribution in [0.2, 0.25) is 0 Å². The summed E-state index contributed by atoms with van der Waals surface area (Å²) in [7, 11) is 0. The quantitative estimate of drug-likeness (QED) is 0.785. The van der Waals surface area contributed by atoms with Crippen LogP contribution in [0.5, 0.6) is 0 Å². The van der Waals surface area contributed by atoms with E-state index in [4.69, 9.17) is 0 Å². The lowest BCUT2D eigenvalue weighted by atomic mass is 9.85. The molecule has 1 saturated carbocycles. The van der Waals surface area contributed by atoms with E-state index in [1.54, 1.807) is 17.5 Å². The molecule has 0 bridgehead atoms. The molecule has 23 heavy (non-hydrogen) atoms. The number of hydrogen-bond donors (Lipinski definition) is 1. The minimum Gasteiger partial charge on any atom is -0.302 e. The fourth-order valence-corrected chi connectivity index (χ4v) is 3.81. The van der Waals surface area contributed by atoms with Crippen molar-refractivity contribution in [2.75, 3.05) is 5.32 Å². The van der Waals surface area contributed by atoms with Gasteiger partial charge in [-0.3, -0.25) is 9.78 Å². The molecule has 116 valence electrons. The summed E-state index contributed by atoms with van der Waals surface area (Å²) in [6.07, 6.45) is 7.84. The Bertz CT molecular complexity index is 854. The number of carbonyl (C=O) groups excluding carboxylic acids is 1. The van der Waals surface area contributed by atoms with Crippen molar-refractivity contribution in [2.24, 2.45) is 0 Å². The topological polar surface area (TPSA) is 54.9 Å². The van der Waals surface area contributed by atoms with Crippen molar-refractivity contribution in [1.29, 1.82) is 0 Å². The molecule has 0 spiro atoms. The average Bonchev–Trinajstić information content (AvgIpc) is 2.93. The Morgan fingerprint density at radius 1 is 1.26 bits per heavy atom. The number of pyridine rings is 1. The van der Waals surface area contributed by atoms with Gasteiger partial charge in [-0.25, -0.2) is 4.98 Å². The van der Waals surface area contributed by atoms with Gasteiger partial charge >= 0.3 is 0 Å². The van der Waals surface area contributed by atoms with Crippen molar-refractivity contribution >= 4 is 33.3 Å². The Morgan fingerprint density at radius 2 is 2.17 bits per heavy atom. The first-order valence-electron chi connectivity index (χ1n) is 7.87. The number of benzene rings is 1. The maximum Gasteiger partial charge on any atom is 0.230 e. The van der Waals surface area contributed by atoms with Gasteiger partial charge in [0, 0.05) is 22.7 Å². The van der Waals surface area contributed by atoms with Gasteiger partial charge in [-0.1, -0.05) is 18.6 Å². The maximum absolute atomic E-state index is 12.2. The van der Waals surface area contributed by atoms with Crippen molar-refractivity contribution in [3.05, 3.63) is 53.2 Å². The van der Waals surface area contributed by atoms with Crippen LogP contribution in [0.4, 0.5) is 5.13 Å². The second-order valence-corrected chi connectivity index (χ2v) is 7.01. The summed E-state index contributed by atoms with van der Waals surface area (Å²) >= 11 is 1.61. The van der Waals surface area contributed by atoms with Crippen molar-refractivity contribution < 1.29 is 4.79 Å². The van der Waals surface area contributed by atoms with Crippen LogP contribution >= 0.6 is 11.3 Å². The van der Waals surface area contributed by atoms with Gasteiger partial charge < -0.3 is 5.32 Å². The second-order valence-electron chi connectivity index (χ2n) is 5.95. The molecular formula is C18H17N3OS. The van der Waals surface area contributed by atoms with Gasteiger partial charge in [0.15, 0.2) is 5.13 Å². The molecule has 1 amide bonds. The predicted molar refractivity (Wildman–Crippen MR) is 92.8 cm³/mol. The third-order valence-electron chi connectivity index (χ3n) is 4.31. The smallest absolute Gasteiger partial charge is 0.230 e. The summed E-state index contributed by atoms with van der Waals surface area (Å²) in [4.78, 5) is 22.1. The lowest BCUT2D eigenvalue weighted by molar-refractivity contribution is -0.115. The molecule has 0 radical (unpaired) electrons. The molecule has 1 aliphatic carbocycles. The first kappa shape index (κ1) is 14.3. The fraction of sp³-hybridized carbons (Fsp3) is 0.278. The summed E-state index contributed by atoms with van der Waals surface area (Å²) in [6.45, 7) is 0. The Morgan fingerprint density at radius 3 is 3.00 bits per heavy atom. The summed E-state index contributed by atoms with van der Waals surface area (Å²) in [5, 5.41) is 4.68. The van der Waals surface area contributed by atoms with Crippen LogP contribution in [0.15, 0.2) is 42.7 Å². The van der Waals surface area contributed by atoms with E-state index in [9.17, 15) is 4.79 Å². The van der Waals surface area contributed by atoms with Crippen molar-refractivity contribution in [3.63, 3.8) is 0 Å². The first-order chi connectivity index (χ1) is 11.3. The Hall–Kier alpha value is -2.27. The molecule has 0 unspecified atom stereocenters. The van der Waals surface area contributed by atoms with Crippen LogP contribution in [0, 0.1) is 0 Å². The molecule has 5 heteroatoms. The highest BCUT2D eigenvalue weighted by Crippen LogP contribution is 2.39. The number of rotatable bonds is 4. The van der Waals surface area contributed by atoms with E-state index in [-0.39, 0.29) is 5.91 Å². The molecule has 2 aromatic heterocycles. The lowest BCUT2D eigenvalue weighted by Crippen LogP contribution is -2.14. The number of hydrogen-bond acceptors (Lipinski definition) is 4. The molecule has 0 atom stereocenters. The standard InChI is InChI=1S/C18H17N3OS/c22-17(21-18-20-11-16(23-18)13-3-1-4-13)10-12-6-7-15-14(9-12)5-2-8-19-15/h2,5-9,11,13H,1,3-4,10H2,(H,20,21,22). The molecule has 0 saturated heterocycles. The van der Waals surface area contributed by atoms with Crippen LogP contribution in [0.25, 0.3) is 10.9 Å². The average molecular weight is 323 g/mol. The number of thiazole rings is 1. The minimum atomic E-state index is -0.0252. The van der Waals surface area contributed by atoms with Gasteiger partial charge in [0.25, 0.3) is 0 Å². The SMILES string of the molecule is O=C(Cc1ccc2ncccc2c1)Nc1ncc(C2CCC2)s1. The summed E-state index contributed by atoms with van der Waals surface area (Å²) in [5.74, 6) is 0.633. The minimum absolute atomic E-state index is 0.0252. The Labute approximate surface area is 138 Å². The number of anilines is 1.